The predicted octanol–water partition coefficient (Wildman–Crippen LogP) is 3.67. The number of halogens is 1. The Kier molecular flexibility index (Phi) is 3.90. The van der Waals surface area contributed by atoms with E-state index in [1.807, 2.05) is 12.1 Å². The van der Waals surface area contributed by atoms with Crippen molar-refractivity contribution in [2.24, 2.45) is 0 Å². The molecular formula is C11H15BrOS. The first kappa shape index (κ1) is 11.9. The number of hydrogen-bond donors (Lipinski definition) is 1. The molecule has 0 atom stereocenters. The fourth-order valence-corrected chi connectivity index (χ4v) is 1.83. The average Bonchev–Trinajstić information content (AvgIpc) is 2.18. The highest BCUT2D eigenvalue weighted by molar-refractivity contribution is 9.10. The summed E-state index contributed by atoms with van der Waals surface area (Å²) in [5, 5.41) is 0. The highest BCUT2D eigenvalue weighted by Gasteiger charge is 2.22. The predicted molar refractivity (Wildman–Crippen MR) is 67.6 cm³/mol. The Bertz CT molecular complexity index is 323. The topological polar surface area (TPSA) is 9.23 Å². The lowest BCUT2D eigenvalue weighted by Gasteiger charge is -2.25. The van der Waals surface area contributed by atoms with Gasteiger partial charge in [0.25, 0.3) is 0 Å². The maximum atomic E-state index is 5.33. The Morgan fingerprint density at radius 2 is 2.07 bits per heavy atom. The molecule has 0 saturated heterocycles. The molecule has 0 spiro atoms. The first-order valence-electron chi connectivity index (χ1n) is 4.46. The molecule has 0 heterocycles. The molecular weight excluding hydrogens is 260 g/mol. The largest absolute Gasteiger partial charge is 0.496 e. The van der Waals surface area contributed by atoms with Crippen LogP contribution in [0, 0.1) is 0 Å². The molecule has 3 heteroatoms. The molecule has 0 radical (unpaired) electrons. The van der Waals surface area contributed by atoms with Gasteiger partial charge >= 0.3 is 0 Å². The molecule has 0 aliphatic heterocycles. The summed E-state index contributed by atoms with van der Waals surface area (Å²) in [5.74, 6) is 1.71. The van der Waals surface area contributed by atoms with Crippen molar-refractivity contribution in [3.05, 3.63) is 28.2 Å². The molecule has 0 aromatic heterocycles. The van der Waals surface area contributed by atoms with Gasteiger partial charge in [0, 0.05) is 15.5 Å². The van der Waals surface area contributed by atoms with Gasteiger partial charge in [-0.2, -0.15) is 12.6 Å². The van der Waals surface area contributed by atoms with Crippen molar-refractivity contribution < 1.29 is 4.74 Å². The summed E-state index contributed by atoms with van der Waals surface area (Å²) in [4.78, 5) is 0. The van der Waals surface area contributed by atoms with Gasteiger partial charge in [-0.25, -0.2) is 0 Å². The quantitative estimate of drug-likeness (QED) is 0.828. The molecule has 0 amide bonds. The number of benzene rings is 1. The molecule has 1 aromatic rings. The summed E-state index contributed by atoms with van der Waals surface area (Å²) < 4.78 is 6.41. The van der Waals surface area contributed by atoms with E-state index in [0.29, 0.717) is 0 Å². The van der Waals surface area contributed by atoms with Gasteiger partial charge in [0.1, 0.15) is 5.75 Å². The van der Waals surface area contributed by atoms with Gasteiger partial charge in [0.15, 0.2) is 0 Å². The second-order valence-corrected chi connectivity index (χ2v) is 5.12. The zero-order valence-electron chi connectivity index (χ0n) is 8.67. The molecule has 0 unspecified atom stereocenters. The third-order valence-corrected chi connectivity index (χ3v) is 3.57. The van der Waals surface area contributed by atoms with Gasteiger partial charge in [-0.15, -0.1) is 0 Å². The zero-order valence-corrected chi connectivity index (χ0v) is 11.2. The standard InChI is InChI=1S/C11H15BrOS/c1-11(2,7-14)9-6-8(12)4-5-10(9)13-3/h4-6,14H,7H2,1-3H3. The molecule has 0 aliphatic carbocycles. The molecule has 0 aliphatic rings. The molecule has 0 bridgehead atoms. The number of ether oxygens (including phenoxy) is 1. The first-order chi connectivity index (χ1) is 6.51. The maximum absolute atomic E-state index is 5.33. The molecule has 0 saturated carbocycles. The van der Waals surface area contributed by atoms with Crippen molar-refractivity contribution in [1.29, 1.82) is 0 Å². The first-order valence-corrected chi connectivity index (χ1v) is 5.88. The molecule has 14 heavy (non-hydrogen) atoms. The van der Waals surface area contributed by atoms with Crippen LogP contribution < -0.4 is 4.74 Å². The molecule has 1 aromatic carbocycles. The van der Waals surface area contributed by atoms with Gasteiger partial charge in [-0.1, -0.05) is 29.8 Å². The van der Waals surface area contributed by atoms with E-state index < -0.39 is 0 Å². The Morgan fingerprint density at radius 1 is 1.43 bits per heavy atom. The van der Waals surface area contributed by atoms with E-state index in [2.05, 4.69) is 48.5 Å². The van der Waals surface area contributed by atoms with Crippen LogP contribution in [0.3, 0.4) is 0 Å². The summed E-state index contributed by atoms with van der Waals surface area (Å²) in [6, 6.07) is 6.05. The SMILES string of the molecule is COc1ccc(Br)cc1C(C)(C)CS. The van der Waals surface area contributed by atoms with Crippen LogP contribution in [-0.4, -0.2) is 12.9 Å². The minimum absolute atomic E-state index is 0.0260. The lowest BCUT2D eigenvalue weighted by atomic mass is 9.86. The van der Waals surface area contributed by atoms with E-state index in [9.17, 15) is 0 Å². The molecule has 1 nitrogen and oxygen atoms in total. The van der Waals surface area contributed by atoms with E-state index in [0.717, 1.165) is 16.0 Å². The van der Waals surface area contributed by atoms with Gasteiger partial charge in [0.05, 0.1) is 7.11 Å². The van der Waals surface area contributed by atoms with Crippen molar-refractivity contribution >= 4 is 28.6 Å². The second-order valence-electron chi connectivity index (χ2n) is 3.89. The number of rotatable bonds is 3. The third kappa shape index (κ3) is 2.45. The van der Waals surface area contributed by atoms with Crippen LogP contribution >= 0.6 is 28.6 Å². The summed E-state index contributed by atoms with van der Waals surface area (Å²) in [6.07, 6.45) is 0. The fourth-order valence-electron chi connectivity index (χ4n) is 1.29. The minimum atomic E-state index is 0.0260. The fraction of sp³-hybridized carbons (Fsp3) is 0.455. The summed E-state index contributed by atoms with van der Waals surface area (Å²) in [5.41, 5.74) is 1.21. The van der Waals surface area contributed by atoms with Gasteiger partial charge in [0.2, 0.25) is 0 Å². The van der Waals surface area contributed by atoms with Crippen molar-refractivity contribution in [2.75, 3.05) is 12.9 Å². The molecule has 0 N–H and O–H groups in total. The lowest BCUT2D eigenvalue weighted by molar-refractivity contribution is 0.398. The van der Waals surface area contributed by atoms with E-state index in [1.54, 1.807) is 7.11 Å². The molecule has 0 fully saturated rings. The normalized spacial score (nSPS) is 11.5. The zero-order chi connectivity index (χ0) is 10.8. The third-order valence-electron chi connectivity index (χ3n) is 2.29. The van der Waals surface area contributed by atoms with E-state index in [1.165, 1.54) is 5.56 Å². The van der Waals surface area contributed by atoms with Crippen LogP contribution in [0.4, 0.5) is 0 Å². The van der Waals surface area contributed by atoms with Gasteiger partial charge < -0.3 is 4.74 Å². The van der Waals surface area contributed by atoms with E-state index >= 15 is 0 Å². The van der Waals surface area contributed by atoms with Crippen LogP contribution in [0.25, 0.3) is 0 Å². The van der Waals surface area contributed by atoms with Gasteiger partial charge in [-0.05, 0) is 24.0 Å². The van der Waals surface area contributed by atoms with E-state index in [4.69, 9.17) is 4.74 Å². The summed E-state index contributed by atoms with van der Waals surface area (Å²) in [7, 11) is 1.70. The molecule has 1 rings (SSSR count). The Labute approximate surface area is 99.4 Å². The van der Waals surface area contributed by atoms with Crippen molar-refractivity contribution in [2.45, 2.75) is 19.3 Å². The van der Waals surface area contributed by atoms with Crippen LogP contribution in [0.5, 0.6) is 5.75 Å². The average molecular weight is 275 g/mol. The Hall–Kier alpha value is -0.150. The second kappa shape index (κ2) is 4.58. The Morgan fingerprint density at radius 3 is 2.57 bits per heavy atom. The maximum Gasteiger partial charge on any atom is 0.122 e. The van der Waals surface area contributed by atoms with E-state index in [-0.39, 0.29) is 5.41 Å². The summed E-state index contributed by atoms with van der Waals surface area (Å²) >= 11 is 7.83. The number of hydrogen-bond acceptors (Lipinski definition) is 2. The smallest absolute Gasteiger partial charge is 0.122 e. The van der Waals surface area contributed by atoms with Crippen molar-refractivity contribution in [1.82, 2.24) is 0 Å². The number of methoxy groups -OCH3 is 1. The van der Waals surface area contributed by atoms with Crippen molar-refractivity contribution in [3.63, 3.8) is 0 Å². The van der Waals surface area contributed by atoms with Crippen LogP contribution in [0.2, 0.25) is 0 Å². The Balaban J connectivity index is 3.23. The number of thiol groups is 1. The van der Waals surface area contributed by atoms with Crippen molar-refractivity contribution in [3.8, 4) is 5.75 Å². The van der Waals surface area contributed by atoms with Crippen LogP contribution in [0.15, 0.2) is 22.7 Å². The monoisotopic (exact) mass is 274 g/mol. The van der Waals surface area contributed by atoms with Crippen LogP contribution in [0.1, 0.15) is 19.4 Å². The highest BCUT2D eigenvalue weighted by Crippen LogP contribution is 2.34. The van der Waals surface area contributed by atoms with Crippen LogP contribution in [-0.2, 0) is 5.41 Å². The molecule has 78 valence electrons. The minimum Gasteiger partial charge on any atom is -0.496 e. The highest BCUT2D eigenvalue weighted by atomic mass is 79.9. The summed E-state index contributed by atoms with van der Waals surface area (Å²) in [6.45, 7) is 4.31. The van der Waals surface area contributed by atoms with Gasteiger partial charge in [-0.3, -0.25) is 0 Å². The lowest BCUT2D eigenvalue weighted by Crippen LogP contribution is -2.20.